The maximum Gasteiger partial charge on any atom is 0.408 e. The van der Waals surface area contributed by atoms with Gasteiger partial charge in [-0.3, -0.25) is 24.5 Å². The number of fused-ring (bicyclic) bond motifs is 2. The summed E-state index contributed by atoms with van der Waals surface area (Å²) in [7, 11) is -3.60. The number of rotatable bonds is 8. The molecule has 0 unspecified atom stereocenters. The van der Waals surface area contributed by atoms with Crippen molar-refractivity contribution in [2.75, 3.05) is 12.3 Å². The molecule has 0 bridgehead atoms. The average molecular weight is 688 g/mol. The van der Waals surface area contributed by atoms with Crippen LogP contribution < -0.4 is 10.1 Å². The van der Waals surface area contributed by atoms with E-state index < -0.39 is 72.8 Å². The van der Waals surface area contributed by atoms with Crippen molar-refractivity contribution in [2.45, 2.75) is 114 Å². The van der Waals surface area contributed by atoms with E-state index in [1.54, 1.807) is 20.8 Å². The van der Waals surface area contributed by atoms with Gasteiger partial charge in [-0.2, -0.15) is 0 Å². The predicted molar refractivity (Wildman–Crippen MR) is 175 cm³/mol. The summed E-state index contributed by atoms with van der Waals surface area (Å²) in [4.78, 5) is 66.9. The van der Waals surface area contributed by atoms with Crippen LogP contribution in [0.4, 0.5) is 10.5 Å². The molecule has 0 spiro atoms. The van der Waals surface area contributed by atoms with Crippen LogP contribution in [0.2, 0.25) is 0 Å². The molecule has 1 N–H and O–H groups in total. The maximum atomic E-state index is 14.2. The summed E-state index contributed by atoms with van der Waals surface area (Å²) < 4.78 is 37.2. The van der Waals surface area contributed by atoms with Crippen molar-refractivity contribution in [3.05, 3.63) is 46.5 Å². The van der Waals surface area contributed by atoms with Gasteiger partial charge in [-0.25, -0.2) is 13.2 Å². The van der Waals surface area contributed by atoms with Crippen LogP contribution in [0.5, 0.6) is 5.75 Å². The second-order valence-corrected chi connectivity index (χ2v) is 16.8. The number of carbonyl (C=O) groups excluding carboxylic acids is 4. The fourth-order valence-electron chi connectivity index (χ4n) is 6.73. The van der Waals surface area contributed by atoms with Gasteiger partial charge in [0.25, 0.3) is 5.69 Å². The fourth-order valence-corrected chi connectivity index (χ4v) is 8.48. The van der Waals surface area contributed by atoms with Crippen LogP contribution in [0.15, 0.2) is 36.4 Å². The summed E-state index contributed by atoms with van der Waals surface area (Å²) in [6.45, 7) is 5.14. The van der Waals surface area contributed by atoms with Gasteiger partial charge < -0.3 is 19.7 Å². The molecule has 5 rings (SSSR count). The van der Waals surface area contributed by atoms with Crippen LogP contribution in [0.3, 0.4) is 0 Å². The number of hydrogen-bond acceptors (Lipinski definition) is 10. The number of ketones is 2. The zero-order valence-corrected chi connectivity index (χ0v) is 28.5. The molecule has 1 aromatic rings. The van der Waals surface area contributed by atoms with E-state index in [4.69, 9.17) is 9.47 Å². The van der Waals surface area contributed by atoms with Gasteiger partial charge in [0, 0.05) is 30.4 Å². The van der Waals surface area contributed by atoms with Crippen molar-refractivity contribution in [1.82, 2.24) is 10.2 Å². The number of Topliss-reactive ketones (excluding diaryl/α,β-unsaturated/α-hetero) is 2. The Labute approximate surface area is 280 Å². The number of sulfone groups is 1. The highest BCUT2D eigenvalue weighted by Crippen LogP contribution is 2.58. The van der Waals surface area contributed by atoms with Crippen LogP contribution in [0.1, 0.15) is 85.0 Å². The first-order valence-corrected chi connectivity index (χ1v) is 18.4. The van der Waals surface area contributed by atoms with Crippen molar-refractivity contribution < 1.29 is 42.0 Å². The molecule has 262 valence electrons. The highest BCUT2D eigenvalue weighted by molar-refractivity contribution is 7.93. The molecule has 2 saturated carbocycles. The summed E-state index contributed by atoms with van der Waals surface area (Å²) in [5.41, 5.74) is -2.07. The van der Waals surface area contributed by atoms with Gasteiger partial charge in [0.2, 0.25) is 5.91 Å². The molecular weight excluding hydrogens is 642 g/mol. The molecule has 14 heteroatoms. The molecule has 3 fully saturated rings. The molecule has 1 aromatic carbocycles. The highest BCUT2D eigenvalue weighted by atomic mass is 32.2. The average Bonchev–Trinajstić information content (AvgIpc) is 3.92. The first kappa shape index (κ1) is 35.5. The molecule has 4 aliphatic rings. The second-order valence-electron chi connectivity index (χ2n) is 14.5. The number of amides is 2. The number of alkyl carbamates (subject to hydrolysis) is 1. The largest absolute Gasteiger partial charge is 0.488 e. The van der Waals surface area contributed by atoms with Crippen LogP contribution in [0.25, 0.3) is 0 Å². The number of nitro groups is 1. The molecule has 2 amide bonds. The number of carbonyl (C=O) groups is 4. The summed E-state index contributed by atoms with van der Waals surface area (Å²) in [5, 5.41) is 13.3. The van der Waals surface area contributed by atoms with E-state index in [0.717, 1.165) is 19.3 Å². The monoisotopic (exact) mass is 687 g/mol. The fraction of sp³-hybridized carbons (Fsp3) is 0.647. The van der Waals surface area contributed by atoms with Crippen molar-refractivity contribution in [3.63, 3.8) is 0 Å². The lowest BCUT2D eigenvalue weighted by Gasteiger charge is -2.30. The first-order valence-electron chi connectivity index (χ1n) is 16.7. The zero-order chi connectivity index (χ0) is 34.9. The normalized spacial score (nSPS) is 29.0. The lowest BCUT2D eigenvalue weighted by Crippen LogP contribution is -2.53. The Kier molecular flexibility index (Phi) is 10.3. The number of benzene rings is 1. The van der Waals surface area contributed by atoms with Crippen LogP contribution in [0, 0.1) is 21.4 Å². The number of ether oxygens (including phenoxy) is 2. The Hall–Kier alpha value is -3.81. The third kappa shape index (κ3) is 8.61. The highest BCUT2D eigenvalue weighted by Gasteiger charge is 2.61. The van der Waals surface area contributed by atoms with E-state index in [1.807, 2.05) is 12.2 Å². The molecule has 2 aliphatic heterocycles. The topological polar surface area (TPSA) is 179 Å². The molecule has 5 atom stereocenters. The minimum absolute atomic E-state index is 0.000930. The Morgan fingerprint density at radius 1 is 1.08 bits per heavy atom. The predicted octanol–water partition coefficient (Wildman–Crippen LogP) is 4.47. The number of hydrogen-bond donors (Lipinski definition) is 1. The molecule has 1 saturated heterocycles. The Bertz CT molecular complexity index is 1560. The van der Waals surface area contributed by atoms with Crippen LogP contribution >= 0.6 is 0 Å². The number of nitro benzene ring substituents is 1. The summed E-state index contributed by atoms with van der Waals surface area (Å²) in [6, 6.07) is 3.50. The molecule has 2 heterocycles. The van der Waals surface area contributed by atoms with Gasteiger partial charge in [-0.05, 0) is 77.3 Å². The third-order valence-corrected chi connectivity index (χ3v) is 11.7. The SMILES string of the molecule is CC(C)(C)OC(=O)N[C@H]1CCCCC/C=C\[C@@H]2C[C@@]2(C(=O)CS(=O)(=O)C2CC2)CC(=O)[C@@H]2C[C@@H](Oc3ccc([N+](=O)[O-])cc3)CN2C1=O. The van der Waals surface area contributed by atoms with Gasteiger partial charge in [0.1, 0.15) is 29.2 Å². The lowest BCUT2D eigenvalue weighted by molar-refractivity contribution is -0.384. The van der Waals surface area contributed by atoms with E-state index in [-0.39, 0.29) is 36.8 Å². The van der Waals surface area contributed by atoms with Crippen molar-refractivity contribution in [3.8, 4) is 5.75 Å². The van der Waals surface area contributed by atoms with E-state index in [1.165, 1.54) is 29.2 Å². The zero-order valence-electron chi connectivity index (χ0n) is 27.7. The number of nitrogens with one attached hydrogen (secondary N) is 1. The lowest BCUT2D eigenvalue weighted by atomic mass is 9.88. The van der Waals surface area contributed by atoms with Crippen molar-refractivity contribution in [2.24, 2.45) is 11.3 Å². The first-order chi connectivity index (χ1) is 22.6. The minimum atomic E-state index is -3.60. The van der Waals surface area contributed by atoms with E-state index in [0.29, 0.717) is 37.9 Å². The van der Waals surface area contributed by atoms with Gasteiger partial charge in [-0.1, -0.05) is 25.0 Å². The molecule has 48 heavy (non-hydrogen) atoms. The maximum absolute atomic E-state index is 14.2. The van der Waals surface area contributed by atoms with Gasteiger partial charge >= 0.3 is 6.09 Å². The minimum Gasteiger partial charge on any atom is -0.488 e. The molecular formula is C34H45N3O10S. The molecule has 0 radical (unpaired) electrons. The third-order valence-electron chi connectivity index (χ3n) is 9.53. The van der Waals surface area contributed by atoms with Crippen molar-refractivity contribution in [1.29, 1.82) is 0 Å². The smallest absolute Gasteiger partial charge is 0.408 e. The Morgan fingerprint density at radius 2 is 1.79 bits per heavy atom. The van der Waals surface area contributed by atoms with E-state index in [9.17, 15) is 37.7 Å². The Balaban J connectivity index is 1.42. The van der Waals surface area contributed by atoms with E-state index in [2.05, 4.69) is 5.32 Å². The summed E-state index contributed by atoms with van der Waals surface area (Å²) in [6.07, 6.45) is 7.05. The number of nitrogens with zero attached hydrogens (tertiary/aromatic N) is 2. The molecule has 0 aromatic heterocycles. The summed E-state index contributed by atoms with van der Waals surface area (Å²) >= 11 is 0. The number of non-ortho nitro benzene ring substituents is 1. The van der Waals surface area contributed by atoms with Gasteiger partial charge in [-0.15, -0.1) is 0 Å². The molecule has 13 nitrogen and oxygen atoms in total. The van der Waals surface area contributed by atoms with Gasteiger partial charge in [0.05, 0.1) is 22.8 Å². The summed E-state index contributed by atoms with van der Waals surface area (Å²) in [5.74, 6) is -1.87. The van der Waals surface area contributed by atoms with Crippen LogP contribution in [-0.4, -0.2) is 83.1 Å². The van der Waals surface area contributed by atoms with Crippen LogP contribution in [-0.2, 0) is 29.0 Å². The number of allylic oxidation sites excluding steroid dienone is 2. The quantitative estimate of drug-likeness (QED) is 0.233. The van der Waals surface area contributed by atoms with E-state index >= 15 is 0 Å². The standard InChI is InChI=1S/C34H45N3O10S/c1-33(2,3)47-32(41)35-27-10-8-6-4-5-7-9-22-18-34(22,30(39)21-48(44,45)26-15-16-26)19-29(38)28-17-25(20-36(28)31(27)40)46-24-13-11-23(12-14-24)37(42)43/h7,9,11-14,22,25-28H,4-6,8,10,15-21H2,1-3H3,(H,35,41)/b9-7-/t22-,25-,27+,28+,34-/m1/s1. The Morgan fingerprint density at radius 3 is 2.44 bits per heavy atom. The van der Waals surface area contributed by atoms with Crippen molar-refractivity contribution >= 4 is 39.1 Å². The second kappa shape index (κ2) is 14.0. The molecule has 2 aliphatic carbocycles. The van der Waals surface area contributed by atoms with Gasteiger partial charge in [0.15, 0.2) is 21.4 Å².